The van der Waals surface area contributed by atoms with E-state index in [1.165, 1.54) is 24.3 Å². The zero-order valence-electron chi connectivity index (χ0n) is 15.6. The SMILES string of the molecule is N#CC1(Cl)CCC(=C2SC(=O)N(CC(=O)Nc3ccc(S(N)(=O)=O)cc3)C2=O)CC1. The molecule has 0 unspecified atom stereocenters. The van der Waals surface area contributed by atoms with Crippen LogP contribution in [0.25, 0.3) is 0 Å². The highest BCUT2D eigenvalue weighted by Crippen LogP contribution is 2.42. The molecule has 1 saturated heterocycles. The first-order chi connectivity index (χ1) is 14.0. The Morgan fingerprint density at radius 3 is 2.40 bits per heavy atom. The number of rotatable bonds is 4. The minimum absolute atomic E-state index is 0.108. The summed E-state index contributed by atoms with van der Waals surface area (Å²) in [6.45, 7) is -0.476. The number of hydrogen-bond acceptors (Lipinski definition) is 7. The number of imide groups is 1. The molecule has 1 heterocycles. The molecular weight excluding hydrogens is 452 g/mol. The number of benzene rings is 1. The zero-order chi connectivity index (χ0) is 22.1. The van der Waals surface area contributed by atoms with Crippen molar-refractivity contribution in [3.8, 4) is 6.07 Å². The van der Waals surface area contributed by atoms with Crippen LogP contribution >= 0.6 is 23.4 Å². The highest BCUT2D eigenvalue weighted by molar-refractivity contribution is 8.18. The summed E-state index contributed by atoms with van der Waals surface area (Å²) in [4.78, 5) is 37.3. The molecular formula is C18H17ClN4O5S2. The monoisotopic (exact) mass is 468 g/mol. The summed E-state index contributed by atoms with van der Waals surface area (Å²) >= 11 is 6.94. The van der Waals surface area contributed by atoms with Gasteiger partial charge < -0.3 is 5.32 Å². The van der Waals surface area contributed by atoms with Gasteiger partial charge in [-0.3, -0.25) is 19.3 Å². The quantitative estimate of drug-likeness (QED) is 0.508. The number of thioether (sulfide) groups is 1. The Bertz CT molecular complexity index is 1080. The number of alkyl halides is 1. The van der Waals surface area contributed by atoms with Gasteiger partial charge in [-0.1, -0.05) is 5.57 Å². The standard InChI is InChI=1S/C18H17ClN4O5S2/c19-18(10-20)7-5-11(6-8-18)15-16(25)23(17(26)29-15)9-14(24)22-12-1-3-13(4-2-12)30(21,27)28/h1-4H,5-9H2,(H,22,24)(H2,21,27,28). The molecule has 2 fully saturated rings. The lowest BCUT2D eigenvalue weighted by molar-refractivity contribution is -0.127. The van der Waals surface area contributed by atoms with E-state index in [4.69, 9.17) is 22.0 Å². The number of sulfonamides is 1. The number of nitrogens with two attached hydrogens (primary N) is 1. The van der Waals surface area contributed by atoms with Gasteiger partial charge in [0.15, 0.2) is 0 Å². The van der Waals surface area contributed by atoms with Gasteiger partial charge in [-0.25, -0.2) is 13.6 Å². The van der Waals surface area contributed by atoms with Gasteiger partial charge in [-0.15, -0.1) is 11.6 Å². The molecule has 3 N–H and O–H groups in total. The number of nitriles is 1. The normalized spacial score (nSPS) is 22.2. The Hall–Kier alpha value is -2.39. The van der Waals surface area contributed by atoms with Crippen LogP contribution in [0.2, 0.25) is 0 Å². The molecule has 1 aliphatic heterocycles. The fourth-order valence-corrected chi connectivity index (χ4v) is 4.79. The van der Waals surface area contributed by atoms with E-state index in [-0.39, 0.29) is 4.90 Å². The largest absolute Gasteiger partial charge is 0.325 e. The van der Waals surface area contributed by atoms with E-state index >= 15 is 0 Å². The lowest BCUT2D eigenvalue weighted by atomic mass is 9.85. The first-order valence-corrected chi connectivity index (χ1v) is 11.5. The van der Waals surface area contributed by atoms with Gasteiger partial charge in [-0.05, 0) is 61.7 Å². The summed E-state index contributed by atoms with van der Waals surface area (Å²) in [6.07, 6.45) is 1.66. The van der Waals surface area contributed by atoms with Gasteiger partial charge in [0.25, 0.3) is 11.1 Å². The van der Waals surface area contributed by atoms with E-state index in [0.29, 0.717) is 36.3 Å². The van der Waals surface area contributed by atoms with Crippen molar-refractivity contribution >= 4 is 56.1 Å². The second-order valence-electron chi connectivity index (χ2n) is 6.89. The number of carbonyl (C=O) groups excluding carboxylic acids is 3. The number of allylic oxidation sites excluding steroid dienone is 1. The number of anilines is 1. The number of halogens is 1. The van der Waals surface area contributed by atoms with E-state index in [9.17, 15) is 22.8 Å². The molecule has 9 nitrogen and oxygen atoms in total. The van der Waals surface area contributed by atoms with Gasteiger partial charge in [0.05, 0.1) is 15.9 Å². The number of primary sulfonamides is 1. The van der Waals surface area contributed by atoms with Crippen molar-refractivity contribution < 1.29 is 22.8 Å². The minimum Gasteiger partial charge on any atom is -0.325 e. The fraction of sp³-hybridized carbons (Fsp3) is 0.333. The number of nitrogens with one attached hydrogen (secondary N) is 1. The van der Waals surface area contributed by atoms with Crippen LogP contribution in [0, 0.1) is 11.3 Å². The fourth-order valence-electron chi connectivity index (χ4n) is 3.11. The average Bonchev–Trinajstić information content (AvgIpc) is 2.96. The van der Waals surface area contributed by atoms with Crippen molar-refractivity contribution in [2.75, 3.05) is 11.9 Å². The van der Waals surface area contributed by atoms with Crippen molar-refractivity contribution in [1.82, 2.24) is 4.90 Å². The average molecular weight is 469 g/mol. The van der Waals surface area contributed by atoms with Gasteiger partial charge in [0, 0.05) is 5.69 Å². The van der Waals surface area contributed by atoms with Gasteiger partial charge in [0.1, 0.15) is 11.4 Å². The van der Waals surface area contributed by atoms with Crippen LogP contribution in [0.1, 0.15) is 25.7 Å². The van der Waals surface area contributed by atoms with Crippen LogP contribution in [0.5, 0.6) is 0 Å². The molecule has 0 aromatic heterocycles. The molecule has 1 aromatic carbocycles. The summed E-state index contributed by atoms with van der Waals surface area (Å²) in [5.74, 6) is -1.15. The summed E-state index contributed by atoms with van der Waals surface area (Å²) < 4.78 is 22.5. The van der Waals surface area contributed by atoms with Gasteiger partial charge in [0.2, 0.25) is 15.9 Å². The Kier molecular flexibility index (Phi) is 6.24. The summed E-state index contributed by atoms with van der Waals surface area (Å²) in [6, 6.07) is 7.23. The van der Waals surface area contributed by atoms with Crippen LogP contribution in [-0.2, 0) is 19.6 Å². The Morgan fingerprint density at radius 2 is 1.87 bits per heavy atom. The maximum atomic E-state index is 12.7. The van der Waals surface area contributed by atoms with Crippen LogP contribution in [0.15, 0.2) is 39.6 Å². The molecule has 2 aliphatic rings. The molecule has 3 amide bonds. The van der Waals surface area contributed by atoms with Gasteiger partial charge in [-0.2, -0.15) is 5.26 Å². The maximum Gasteiger partial charge on any atom is 0.294 e. The number of carbonyl (C=O) groups is 3. The molecule has 3 rings (SSSR count). The van der Waals surface area contributed by atoms with E-state index < -0.39 is 38.5 Å². The van der Waals surface area contributed by atoms with Crippen LogP contribution < -0.4 is 10.5 Å². The molecule has 0 spiro atoms. The van der Waals surface area contributed by atoms with E-state index in [1.807, 2.05) is 0 Å². The molecule has 0 atom stereocenters. The van der Waals surface area contributed by atoms with E-state index in [1.54, 1.807) is 0 Å². The highest BCUT2D eigenvalue weighted by atomic mass is 35.5. The van der Waals surface area contributed by atoms with Crippen LogP contribution in [0.4, 0.5) is 10.5 Å². The number of nitrogens with zero attached hydrogens (tertiary/aromatic N) is 2. The number of hydrogen-bond donors (Lipinski definition) is 2. The molecule has 0 radical (unpaired) electrons. The molecule has 12 heteroatoms. The summed E-state index contributed by atoms with van der Waals surface area (Å²) in [5, 5.41) is 16.1. The maximum absolute atomic E-state index is 12.7. The Morgan fingerprint density at radius 1 is 1.27 bits per heavy atom. The second kappa shape index (κ2) is 8.39. The summed E-state index contributed by atoms with van der Waals surface area (Å²) in [7, 11) is -3.85. The molecule has 0 bridgehead atoms. The minimum atomic E-state index is -3.85. The first-order valence-electron chi connectivity index (χ1n) is 8.81. The molecule has 1 saturated carbocycles. The van der Waals surface area contributed by atoms with Crippen molar-refractivity contribution in [3.05, 3.63) is 34.7 Å². The zero-order valence-corrected chi connectivity index (χ0v) is 17.9. The highest BCUT2D eigenvalue weighted by Gasteiger charge is 2.40. The first kappa shape index (κ1) is 22.3. The third-order valence-electron chi connectivity index (χ3n) is 4.79. The van der Waals surface area contributed by atoms with E-state index in [0.717, 1.165) is 22.2 Å². The predicted molar refractivity (Wildman–Crippen MR) is 111 cm³/mol. The molecule has 1 aliphatic carbocycles. The van der Waals surface area contributed by atoms with Crippen molar-refractivity contribution in [1.29, 1.82) is 5.26 Å². The van der Waals surface area contributed by atoms with Crippen molar-refractivity contribution in [2.24, 2.45) is 5.14 Å². The Labute approximate surface area is 182 Å². The van der Waals surface area contributed by atoms with Crippen molar-refractivity contribution in [3.63, 3.8) is 0 Å². The second-order valence-corrected chi connectivity index (χ2v) is 10.1. The van der Waals surface area contributed by atoms with Crippen molar-refractivity contribution in [2.45, 2.75) is 35.5 Å². The third kappa shape index (κ3) is 4.84. The lowest BCUT2D eigenvalue weighted by Gasteiger charge is -2.26. The van der Waals surface area contributed by atoms with E-state index in [2.05, 4.69) is 11.4 Å². The molecule has 30 heavy (non-hydrogen) atoms. The molecule has 1 aromatic rings. The summed E-state index contributed by atoms with van der Waals surface area (Å²) in [5.41, 5.74) is 1.06. The topological polar surface area (TPSA) is 150 Å². The predicted octanol–water partition coefficient (Wildman–Crippen LogP) is 2.30. The van der Waals surface area contributed by atoms with Crippen LogP contribution in [-0.4, -0.2) is 41.8 Å². The smallest absolute Gasteiger partial charge is 0.294 e. The van der Waals surface area contributed by atoms with Crippen LogP contribution in [0.3, 0.4) is 0 Å². The Balaban J connectivity index is 1.65. The lowest BCUT2D eigenvalue weighted by Crippen LogP contribution is -2.36. The van der Waals surface area contributed by atoms with Gasteiger partial charge >= 0.3 is 0 Å². The molecule has 158 valence electrons. The number of amides is 3. The third-order valence-corrected chi connectivity index (χ3v) is 7.24.